The smallest absolute Gasteiger partial charge is 0.319 e. The Morgan fingerprint density at radius 1 is 1.35 bits per heavy atom. The highest BCUT2D eigenvalue weighted by Crippen LogP contribution is 2.18. The van der Waals surface area contributed by atoms with E-state index in [2.05, 4.69) is 15.6 Å². The van der Waals surface area contributed by atoms with Crippen molar-refractivity contribution in [2.24, 2.45) is 0 Å². The summed E-state index contributed by atoms with van der Waals surface area (Å²) in [4.78, 5) is 15.8. The van der Waals surface area contributed by atoms with E-state index in [0.29, 0.717) is 12.8 Å². The zero-order valence-electron chi connectivity index (χ0n) is 12.6. The molecule has 0 spiro atoms. The molecular formula is C15H25N3O2. The molecule has 20 heavy (non-hydrogen) atoms. The number of nitrogens with zero attached hydrogens (tertiary/aromatic N) is 1. The van der Waals surface area contributed by atoms with Gasteiger partial charge < -0.3 is 15.7 Å². The molecule has 0 aliphatic carbocycles. The Morgan fingerprint density at radius 2 is 2.00 bits per heavy atom. The number of hydrogen-bond acceptors (Lipinski definition) is 3. The van der Waals surface area contributed by atoms with Gasteiger partial charge >= 0.3 is 6.03 Å². The number of anilines is 1. The number of nitrogens with one attached hydrogen (secondary N) is 2. The van der Waals surface area contributed by atoms with Gasteiger partial charge in [0.25, 0.3) is 0 Å². The number of aryl methyl sites for hydroxylation is 1. The molecule has 1 rings (SSSR count). The number of amides is 2. The number of aliphatic hydroxyl groups is 1. The van der Waals surface area contributed by atoms with Crippen LogP contribution in [0.5, 0.6) is 0 Å². The van der Waals surface area contributed by atoms with Gasteiger partial charge in [-0.15, -0.1) is 0 Å². The molecule has 0 saturated heterocycles. The molecule has 0 aromatic carbocycles. The van der Waals surface area contributed by atoms with Crippen molar-refractivity contribution in [2.45, 2.75) is 52.1 Å². The SMILES string of the molecule is CCCC(O)(CCC)CNC(=O)Nc1ccncc1C. The summed E-state index contributed by atoms with van der Waals surface area (Å²) in [5.41, 5.74) is 0.820. The number of urea groups is 1. The van der Waals surface area contributed by atoms with Crippen molar-refractivity contribution in [2.75, 3.05) is 11.9 Å². The second kappa shape index (κ2) is 7.85. The molecule has 0 atom stereocenters. The molecule has 1 heterocycles. The van der Waals surface area contributed by atoms with Crippen molar-refractivity contribution in [1.29, 1.82) is 0 Å². The quantitative estimate of drug-likeness (QED) is 0.718. The van der Waals surface area contributed by atoms with Gasteiger partial charge in [0.15, 0.2) is 0 Å². The van der Waals surface area contributed by atoms with Crippen LogP contribution >= 0.6 is 0 Å². The molecule has 0 fully saturated rings. The summed E-state index contributed by atoms with van der Waals surface area (Å²) in [5, 5.41) is 15.9. The van der Waals surface area contributed by atoms with Gasteiger partial charge in [-0.3, -0.25) is 4.98 Å². The van der Waals surface area contributed by atoms with Gasteiger partial charge in [-0.1, -0.05) is 26.7 Å². The van der Waals surface area contributed by atoms with Gasteiger partial charge in [-0.2, -0.15) is 0 Å². The molecule has 0 aliphatic heterocycles. The maximum atomic E-state index is 11.9. The monoisotopic (exact) mass is 279 g/mol. The summed E-state index contributed by atoms with van der Waals surface area (Å²) < 4.78 is 0. The number of pyridine rings is 1. The zero-order valence-corrected chi connectivity index (χ0v) is 12.6. The highest BCUT2D eigenvalue weighted by molar-refractivity contribution is 5.89. The van der Waals surface area contributed by atoms with Crippen LogP contribution in [0.3, 0.4) is 0 Å². The van der Waals surface area contributed by atoms with Gasteiger partial charge in [0.05, 0.1) is 5.60 Å². The van der Waals surface area contributed by atoms with Crippen LogP contribution in [0.25, 0.3) is 0 Å². The molecule has 0 unspecified atom stereocenters. The molecule has 5 heteroatoms. The second-order valence-electron chi connectivity index (χ2n) is 5.22. The topological polar surface area (TPSA) is 74.2 Å². The first-order valence-corrected chi connectivity index (χ1v) is 7.18. The minimum absolute atomic E-state index is 0.268. The van der Waals surface area contributed by atoms with Crippen molar-refractivity contribution >= 4 is 11.7 Å². The minimum atomic E-state index is -0.811. The Morgan fingerprint density at radius 3 is 2.55 bits per heavy atom. The van der Waals surface area contributed by atoms with Crippen LogP contribution in [0.2, 0.25) is 0 Å². The lowest BCUT2D eigenvalue weighted by Gasteiger charge is -2.27. The summed E-state index contributed by atoms with van der Waals surface area (Å²) in [6.07, 6.45) is 6.49. The summed E-state index contributed by atoms with van der Waals surface area (Å²) in [5.74, 6) is 0. The number of carbonyl (C=O) groups excluding carboxylic acids is 1. The number of hydrogen-bond donors (Lipinski definition) is 3. The third-order valence-electron chi connectivity index (χ3n) is 3.28. The molecule has 0 saturated carbocycles. The molecule has 0 radical (unpaired) electrons. The van der Waals surface area contributed by atoms with Crippen molar-refractivity contribution in [3.63, 3.8) is 0 Å². The van der Waals surface area contributed by atoms with E-state index in [1.165, 1.54) is 0 Å². The molecule has 1 aromatic heterocycles. The number of carbonyl (C=O) groups is 1. The van der Waals surface area contributed by atoms with Crippen LogP contribution in [0.1, 0.15) is 45.1 Å². The van der Waals surface area contributed by atoms with Crippen LogP contribution in [0, 0.1) is 6.92 Å². The average Bonchev–Trinajstić information content (AvgIpc) is 2.40. The number of rotatable bonds is 7. The van der Waals surface area contributed by atoms with E-state index in [4.69, 9.17) is 0 Å². The molecule has 5 nitrogen and oxygen atoms in total. The summed E-state index contributed by atoms with van der Waals surface area (Å²) in [7, 11) is 0. The molecule has 3 N–H and O–H groups in total. The van der Waals surface area contributed by atoms with Crippen LogP contribution in [0.15, 0.2) is 18.5 Å². The van der Waals surface area contributed by atoms with E-state index in [1.807, 2.05) is 20.8 Å². The fraction of sp³-hybridized carbons (Fsp3) is 0.600. The Kier molecular flexibility index (Phi) is 6.45. The van der Waals surface area contributed by atoms with Crippen molar-refractivity contribution in [3.8, 4) is 0 Å². The Bertz CT molecular complexity index is 429. The minimum Gasteiger partial charge on any atom is -0.388 e. The average molecular weight is 279 g/mol. The summed E-state index contributed by atoms with van der Waals surface area (Å²) >= 11 is 0. The van der Waals surface area contributed by atoms with Gasteiger partial charge in [-0.05, 0) is 31.4 Å². The third kappa shape index (κ3) is 5.17. The molecule has 112 valence electrons. The second-order valence-corrected chi connectivity index (χ2v) is 5.22. The van der Waals surface area contributed by atoms with Gasteiger partial charge in [-0.25, -0.2) is 4.79 Å². The Balaban J connectivity index is 2.52. The maximum absolute atomic E-state index is 11.9. The van der Waals surface area contributed by atoms with Crippen molar-refractivity contribution in [3.05, 3.63) is 24.0 Å². The first-order chi connectivity index (χ1) is 9.50. The van der Waals surface area contributed by atoms with Gasteiger partial charge in [0, 0.05) is 24.6 Å². The van der Waals surface area contributed by atoms with E-state index in [9.17, 15) is 9.90 Å². The molecule has 2 amide bonds. The Hall–Kier alpha value is -1.62. The first-order valence-electron chi connectivity index (χ1n) is 7.18. The van der Waals surface area contributed by atoms with Gasteiger partial charge in [0.2, 0.25) is 0 Å². The Labute approximate surface area is 120 Å². The van der Waals surface area contributed by atoms with Crippen LogP contribution < -0.4 is 10.6 Å². The molecule has 0 bridgehead atoms. The highest BCUT2D eigenvalue weighted by atomic mass is 16.3. The number of aromatic nitrogens is 1. The fourth-order valence-corrected chi connectivity index (χ4v) is 2.26. The predicted molar refractivity (Wildman–Crippen MR) is 80.8 cm³/mol. The first kappa shape index (κ1) is 16.4. The normalized spacial score (nSPS) is 11.2. The third-order valence-corrected chi connectivity index (χ3v) is 3.28. The van der Waals surface area contributed by atoms with E-state index in [1.54, 1.807) is 18.5 Å². The highest BCUT2D eigenvalue weighted by Gasteiger charge is 2.25. The van der Waals surface area contributed by atoms with Crippen molar-refractivity contribution < 1.29 is 9.90 Å². The summed E-state index contributed by atoms with van der Waals surface area (Å²) in [6.45, 7) is 6.21. The van der Waals surface area contributed by atoms with Crippen LogP contribution in [0.4, 0.5) is 10.5 Å². The maximum Gasteiger partial charge on any atom is 0.319 e. The molecular weight excluding hydrogens is 254 g/mol. The van der Waals surface area contributed by atoms with Crippen LogP contribution in [-0.4, -0.2) is 28.3 Å². The van der Waals surface area contributed by atoms with E-state index >= 15 is 0 Å². The van der Waals surface area contributed by atoms with Crippen LogP contribution in [-0.2, 0) is 0 Å². The van der Waals surface area contributed by atoms with E-state index in [0.717, 1.165) is 24.1 Å². The lowest BCUT2D eigenvalue weighted by Crippen LogP contribution is -2.44. The van der Waals surface area contributed by atoms with E-state index in [-0.39, 0.29) is 12.6 Å². The van der Waals surface area contributed by atoms with E-state index < -0.39 is 5.60 Å². The molecule has 1 aromatic rings. The molecule has 0 aliphatic rings. The fourth-order valence-electron chi connectivity index (χ4n) is 2.26. The predicted octanol–water partition coefficient (Wildman–Crippen LogP) is 2.84. The van der Waals surface area contributed by atoms with Gasteiger partial charge in [0.1, 0.15) is 0 Å². The summed E-state index contributed by atoms with van der Waals surface area (Å²) in [6, 6.07) is 1.45. The van der Waals surface area contributed by atoms with Crippen molar-refractivity contribution in [1.82, 2.24) is 10.3 Å². The largest absolute Gasteiger partial charge is 0.388 e. The zero-order chi connectivity index (χ0) is 15.0. The lowest BCUT2D eigenvalue weighted by molar-refractivity contribution is 0.0245. The standard InChI is InChI=1S/C15H25N3O2/c1-4-7-15(20,8-5-2)11-17-14(19)18-13-6-9-16-10-12(13)3/h6,9-10,20H,4-5,7-8,11H2,1-3H3,(H2,16,17,18,19). The lowest BCUT2D eigenvalue weighted by atomic mass is 9.93.